The van der Waals surface area contributed by atoms with Gasteiger partial charge in [-0.2, -0.15) is 0 Å². The number of aromatic amines is 1. The highest BCUT2D eigenvalue weighted by molar-refractivity contribution is 5.43. The number of carbonyl (C=O) groups is 1. The minimum absolute atomic E-state index is 0.0965. The number of benzene rings is 1. The van der Waals surface area contributed by atoms with Gasteiger partial charge in [0.2, 0.25) is 0 Å². The molecule has 0 saturated carbocycles. The third kappa shape index (κ3) is 8.10. The summed E-state index contributed by atoms with van der Waals surface area (Å²) in [7, 11) is 1.64. The van der Waals surface area contributed by atoms with Crippen molar-refractivity contribution in [3.05, 3.63) is 41.5 Å². The molecule has 1 aromatic carbocycles. The normalized spacial score (nSPS) is 10.5. The number of aryl methyl sites for hydroxylation is 1. The van der Waals surface area contributed by atoms with Crippen LogP contribution in [0.2, 0.25) is 0 Å². The van der Waals surface area contributed by atoms with Gasteiger partial charge in [0.25, 0.3) is 6.47 Å². The highest BCUT2D eigenvalue weighted by Crippen LogP contribution is 2.29. The SMILES string of the molecule is COc1cc(CN(CCO)Cc2cnc(C)[nH]2)ccc1OC(C)C.O=CO. The molecule has 8 nitrogen and oxygen atoms in total. The molecule has 2 rings (SSSR count). The van der Waals surface area contributed by atoms with Gasteiger partial charge < -0.3 is 24.7 Å². The van der Waals surface area contributed by atoms with Crippen molar-refractivity contribution < 1.29 is 24.5 Å². The van der Waals surface area contributed by atoms with Gasteiger partial charge in [-0.15, -0.1) is 0 Å². The fourth-order valence-corrected chi connectivity index (χ4v) is 2.57. The quantitative estimate of drug-likeness (QED) is 0.573. The molecule has 2 aromatic rings. The second-order valence-corrected chi connectivity index (χ2v) is 6.19. The second kappa shape index (κ2) is 11.9. The molecule has 0 bridgehead atoms. The molecule has 0 aliphatic rings. The van der Waals surface area contributed by atoms with Gasteiger partial charge in [0.05, 0.1) is 19.8 Å². The predicted molar refractivity (Wildman–Crippen MR) is 102 cm³/mol. The number of aliphatic hydroxyl groups excluding tert-OH is 1. The molecule has 0 aliphatic heterocycles. The zero-order valence-corrected chi connectivity index (χ0v) is 16.3. The van der Waals surface area contributed by atoms with E-state index in [9.17, 15) is 5.11 Å². The molecule has 1 aromatic heterocycles. The number of aliphatic hydroxyl groups is 1. The minimum Gasteiger partial charge on any atom is -0.493 e. The van der Waals surface area contributed by atoms with E-state index in [1.807, 2.05) is 45.2 Å². The number of ether oxygens (including phenoxy) is 2. The van der Waals surface area contributed by atoms with Crippen LogP contribution in [0, 0.1) is 6.92 Å². The number of rotatable bonds is 9. The molecule has 8 heteroatoms. The van der Waals surface area contributed by atoms with Crippen molar-refractivity contribution in [2.75, 3.05) is 20.3 Å². The van der Waals surface area contributed by atoms with Crippen LogP contribution >= 0.6 is 0 Å². The summed E-state index contributed by atoms with van der Waals surface area (Å²) in [5.74, 6) is 2.36. The molecule has 0 radical (unpaired) electrons. The third-order valence-electron chi connectivity index (χ3n) is 3.56. The number of H-pyrrole nitrogens is 1. The zero-order valence-electron chi connectivity index (χ0n) is 16.3. The number of nitrogens with one attached hydrogen (secondary N) is 1. The van der Waals surface area contributed by atoms with E-state index in [4.69, 9.17) is 19.4 Å². The molecule has 0 amide bonds. The van der Waals surface area contributed by atoms with Crippen molar-refractivity contribution in [2.24, 2.45) is 0 Å². The second-order valence-electron chi connectivity index (χ2n) is 6.19. The van der Waals surface area contributed by atoms with Crippen LogP contribution in [0.4, 0.5) is 0 Å². The average Bonchev–Trinajstić information content (AvgIpc) is 3.01. The molecule has 0 spiro atoms. The lowest BCUT2D eigenvalue weighted by Gasteiger charge is -2.21. The van der Waals surface area contributed by atoms with Crippen LogP contribution in [-0.4, -0.2) is 57.9 Å². The summed E-state index contributed by atoms with van der Waals surface area (Å²) in [5, 5.41) is 16.2. The van der Waals surface area contributed by atoms with Crippen molar-refractivity contribution in [3.8, 4) is 11.5 Å². The van der Waals surface area contributed by atoms with Crippen LogP contribution in [0.3, 0.4) is 0 Å². The predicted octanol–water partition coefficient (Wildman–Crippen LogP) is 2.21. The monoisotopic (exact) mass is 379 g/mol. The fourth-order valence-electron chi connectivity index (χ4n) is 2.57. The minimum atomic E-state index is -0.250. The molecule has 0 fully saturated rings. The molecule has 0 aliphatic carbocycles. The van der Waals surface area contributed by atoms with E-state index in [0.29, 0.717) is 19.6 Å². The zero-order chi connectivity index (χ0) is 20.2. The summed E-state index contributed by atoms with van der Waals surface area (Å²) in [6, 6.07) is 5.95. The lowest BCUT2D eigenvalue weighted by atomic mass is 10.1. The van der Waals surface area contributed by atoms with Crippen LogP contribution in [0.25, 0.3) is 0 Å². The van der Waals surface area contributed by atoms with Crippen molar-refractivity contribution in [3.63, 3.8) is 0 Å². The van der Waals surface area contributed by atoms with Crippen molar-refractivity contribution in [1.29, 1.82) is 0 Å². The molecule has 27 heavy (non-hydrogen) atoms. The van der Waals surface area contributed by atoms with Crippen LogP contribution in [0.5, 0.6) is 11.5 Å². The summed E-state index contributed by atoms with van der Waals surface area (Å²) in [5.41, 5.74) is 2.14. The maximum absolute atomic E-state index is 9.33. The lowest BCUT2D eigenvalue weighted by molar-refractivity contribution is -0.122. The maximum atomic E-state index is 9.33. The number of aromatic nitrogens is 2. The van der Waals surface area contributed by atoms with Gasteiger partial charge in [0.1, 0.15) is 5.82 Å². The van der Waals surface area contributed by atoms with Gasteiger partial charge in [0.15, 0.2) is 11.5 Å². The van der Waals surface area contributed by atoms with Gasteiger partial charge in [-0.3, -0.25) is 9.69 Å². The van der Waals surface area contributed by atoms with Gasteiger partial charge in [-0.1, -0.05) is 6.07 Å². The van der Waals surface area contributed by atoms with E-state index < -0.39 is 0 Å². The van der Waals surface area contributed by atoms with Gasteiger partial charge in [-0.05, 0) is 38.5 Å². The molecular formula is C19H29N3O5. The van der Waals surface area contributed by atoms with Gasteiger partial charge in [0, 0.05) is 31.5 Å². The lowest BCUT2D eigenvalue weighted by Crippen LogP contribution is -2.26. The van der Waals surface area contributed by atoms with E-state index in [0.717, 1.165) is 28.6 Å². The first-order chi connectivity index (χ1) is 12.9. The Morgan fingerprint density at radius 2 is 2.00 bits per heavy atom. The molecule has 0 atom stereocenters. The molecule has 0 saturated heterocycles. The first-order valence-electron chi connectivity index (χ1n) is 8.68. The molecule has 150 valence electrons. The van der Waals surface area contributed by atoms with Crippen LogP contribution in [0.1, 0.15) is 30.9 Å². The van der Waals surface area contributed by atoms with E-state index >= 15 is 0 Å². The molecule has 1 heterocycles. The van der Waals surface area contributed by atoms with Gasteiger partial charge >= 0.3 is 0 Å². The van der Waals surface area contributed by atoms with Crippen molar-refractivity contribution in [2.45, 2.75) is 40.0 Å². The summed E-state index contributed by atoms with van der Waals surface area (Å²) >= 11 is 0. The Morgan fingerprint density at radius 3 is 2.52 bits per heavy atom. The Kier molecular flexibility index (Phi) is 9.92. The highest BCUT2D eigenvalue weighted by atomic mass is 16.5. The molecule has 0 unspecified atom stereocenters. The summed E-state index contributed by atoms with van der Waals surface area (Å²) < 4.78 is 11.2. The largest absolute Gasteiger partial charge is 0.493 e. The Labute approximate surface area is 159 Å². The number of methoxy groups -OCH3 is 1. The Balaban J connectivity index is 0.00000114. The third-order valence-corrected chi connectivity index (χ3v) is 3.56. The summed E-state index contributed by atoms with van der Waals surface area (Å²) in [4.78, 5) is 18.0. The summed E-state index contributed by atoms with van der Waals surface area (Å²) in [6.07, 6.45) is 1.93. The first kappa shape index (κ1) is 22.5. The van der Waals surface area contributed by atoms with E-state index in [1.165, 1.54) is 0 Å². The Bertz CT molecular complexity index is 688. The topological polar surface area (TPSA) is 108 Å². The Hall–Kier alpha value is -2.58. The standard InChI is InChI=1S/C18H27N3O3.CH2O2/c1-13(2)24-17-6-5-15(9-18(17)23-4)11-21(7-8-22)12-16-10-19-14(3)20-16;2-1-3/h5-6,9-10,13,22H,7-8,11-12H2,1-4H3,(H,19,20);1H,(H,2,3). The summed E-state index contributed by atoms with van der Waals surface area (Å²) in [6.45, 7) is 7.76. The average molecular weight is 379 g/mol. The number of nitrogens with zero attached hydrogens (tertiary/aromatic N) is 2. The Morgan fingerprint density at radius 1 is 1.30 bits per heavy atom. The number of hydrogen-bond acceptors (Lipinski definition) is 6. The van der Waals surface area contributed by atoms with Crippen molar-refractivity contribution in [1.82, 2.24) is 14.9 Å². The van der Waals surface area contributed by atoms with Crippen LogP contribution in [0.15, 0.2) is 24.4 Å². The number of carboxylic acid groups (broad SMARTS) is 1. The van der Waals surface area contributed by atoms with Crippen molar-refractivity contribution >= 4 is 6.47 Å². The maximum Gasteiger partial charge on any atom is 0.290 e. The highest BCUT2D eigenvalue weighted by Gasteiger charge is 2.12. The smallest absolute Gasteiger partial charge is 0.290 e. The van der Waals surface area contributed by atoms with Crippen LogP contribution < -0.4 is 9.47 Å². The molecule has 3 N–H and O–H groups in total. The number of hydrogen-bond donors (Lipinski definition) is 3. The fraction of sp³-hybridized carbons (Fsp3) is 0.474. The van der Waals surface area contributed by atoms with E-state index in [-0.39, 0.29) is 19.2 Å². The molecular weight excluding hydrogens is 350 g/mol. The number of imidazole rings is 1. The van der Waals surface area contributed by atoms with Crippen LogP contribution in [-0.2, 0) is 17.9 Å². The van der Waals surface area contributed by atoms with Gasteiger partial charge in [-0.25, -0.2) is 4.98 Å². The van der Waals surface area contributed by atoms with E-state index in [2.05, 4.69) is 14.9 Å². The van der Waals surface area contributed by atoms with E-state index in [1.54, 1.807) is 7.11 Å². The first-order valence-corrected chi connectivity index (χ1v) is 8.68.